The van der Waals surface area contributed by atoms with Gasteiger partial charge < -0.3 is 33.8 Å². The van der Waals surface area contributed by atoms with Gasteiger partial charge in [0.2, 0.25) is 0 Å². The molecule has 0 spiro atoms. The maximum atomic E-state index is 13.1. The van der Waals surface area contributed by atoms with Gasteiger partial charge in [-0.25, -0.2) is 9.13 Å². The zero-order valence-electron chi connectivity index (χ0n) is 61.1. The lowest BCUT2D eigenvalue weighted by atomic mass is 10.0. The first-order valence-corrected chi connectivity index (χ1v) is 41.6. The van der Waals surface area contributed by atoms with Crippen molar-refractivity contribution in [3.05, 3.63) is 60.8 Å². The van der Waals surface area contributed by atoms with Crippen LogP contribution in [0.15, 0.2) is 60.8 Å². The van der Waals surface area contributed by atoms with Gasteiger partial charge in [-0.05, 0) is 103 Å². The minimum atomic E-state index is -4.97. The van der Waals surface area contributed by atoms with Crippen molar-refractivity contribution >= 4 is 39.5 Å². The van der Waals surface area contributed by atoms with Crippen LogP contribution in [-0.2, 0) is 65.4 Å². The summed E-state index contributed by atoms with van der Waals surface area (Å²) in [7, 11) is -9.94. The summed E-state index contributed by atoms with van der Waals surface area (Å²) in [5.41, 5.74) is 0. The quantitative estimate of drug-likeness (QED) is 0.0128. The average Bonchev–Trinajstić information content (AvgIpc) is 1.36. The number of allylic oxidation sites excluding steroid dienone is 10. The van der Waals surface area contributed by atoms with Crippen LogP contribution in [0.25, 0.3) is 0 Å². The molecule has 0 saturated carbocycles. The molecule has 96 heavy (non-hydrogen) atoms. The summed E-state index contributed by atoms with van der Waals surface area (Å²) in [6.45, 7) is 4.82. The summed E-state index contributed by atoms with van der Waals surface area (Å²) in [6, 6.07) is 0. The van der Waals surface area contributed by atoms with E-state index in [-0.39, 0.29) is 25.7 Å². The highest BCUT2D eigenvalue weighted by atomic mass is 31.2. The van der Waals surface area contributed by atoms with Crippen molar-refractivity contribution in [2.75, 3.05) is 39.6 Å². The molecule has 0 aromatic rings. The van der Waals surface area contributed by atoms with Gasteiger partial charge in [-0.3, -0.25) is 37.3 Å². The highest BCUT2D eigenvalue weighted by Crippen LogP contribution is 2.45. The standard InChI is InChI=1S/C77H140O17P2/c1-5-9-13-17-21-25-29-33-35-39-42-46-50-54-58-62-75(80)88-68-73(94-77(82)64-60-56-52-48-44-40-36-34-30-26-22-18-14-10-6-2)70-92-96(85,86)90-66-71(78)65-89-95(83,84)91-69-72(93-76(81)63-59-55-51-47-43-38-32-28-24-20-16-12-8-4)67-87-74(79)61-57-53-49-45-41-37-31-27-23-19-15-11-7-3/h25-27,29-31,33-36,71-73,78H,5-24,28,32,37-70H2,1-4H3,(H,83,84)(H,85,86)/b29-25-,30-26-,31-27-,35-33-,36-34-/t71-,72-,73-/m1/s1. The number of ether oxygens (including phenoxy) is 4. The number of unbranched alkanes of at least 4 members (excludes halogenated alkanes) is 39. The fourth-order valence-electron chi connectivity index (χ4n) is 10.6. The lowest BCUT2D eigenvalue weighted by Crippen LogP contribution is -2.30. The van der Waals surface area contributed by atoms with Crippen molar-refractivity contribution in [3.63, 3.8) is 0 Å². The van der Waals surface area contributed by atoms with Gasteiger partial charge in [-0.2, -0.15) is 0 Å². The Hall–Kier alpha value is -3.24. The van der Waals surface area contributed by atoms with Gasteiger partial charge in [0.1, 0.15) is 19.3 Å². The van der Waals surface area contributed by atoms with Crippen LogP contribution in [0.2, 0.25) is 0 Å². The van der Waals surface area contributed by atoms with Crippen LogP contribution >= 0.6 is 15.6 Å². The van der Waals surface area contributed by atoms with Crippen molar-refractivity contribution in [3.8, 4) is 0 Å². The van der Waals surface area contributed by atoms with E-state index in [2.05, 4.69) is 88.5 Å². The lowest BCUT2D eigenvalue weighted by molar-refractivity contribution is -0.161. The van der Waals surface area contributed by atoms with Crippen LogP contribution in [0.5, 0.6) is 0 Å². The Balaban J connectivity index is 5.35. The van der Waals surface area contributed by atoms with E-state index in [4.69, 9.17) is 37.0 Å². The first-order chi connectivity index (χ1) is 46.7. The van der Waals surface area contributed by atoms with Crippen molar-refractivity contribution in [1.29, 1.82) is 0 Å². The SMILES string of the molecule is CCCCCC/C=C\C=C/CCCCCCCC(=O)OC[C@H](COP(=O)(O)OC[C@H](O)COP(=O)(O)OC[C@@H](COC(=O)CCCCCCC/C=C\CCCCCC)OC(=O)CCCCCCCCCCCCCCC)OC(=O)CCCCCCC/C=C\C=C/CCCCCC. The second-order valence-corrected chi connectivity index (χ2v) is 28.9. The smallest absolute Gasteiger partial charge is 0.462 e. The predicted octanol–water partition coefficient (Wildman–Crippen LogP) is 21.9. The van der Waals surface area contributed by atoms with E-state index >= 15 is 0 Å². The molecule has 0 aromatic carbocycles. The molecule has 17 nitrogen and oxygen atoms in total. The first-order valence-electron chi connectivity index (χ1n) is 38.6. The number of hydrogen-bond acceptors (Lipinski definition) is 15. The number of carbonyl (C=O) groups is 4. The lowest BCUT2D eigenvalue weighted by Gasteiger charge is -2.21. The number of rotatable bonds is 73. The number of esters is 4. The molecule has 0 heterocycles. The zero-order valence-corrected chi connectivity index (χ0v) is 62.8. The van der Waals surface area contributed by atoms with Gasteiger partial charge in [0, 0.05) is 25.7 Å². The van der Waals surface area contributed by atoms with Crippen LogP contribution in [0.3, 0.4) is 0 Å². The first kappa shape index (κ1) is 92.8. The molecule has 560 valence electrons. The van der Waals surface area contributed by atoms with Crippen molar-refractivity contribution in [1.82, 2.24) is 0 Å². The molecule has 0 rings (SSSR count). The van der Waals surface area contributed by atoms with E-state index in [9.17, 15) is 43.2 Å². The maximum absolute atomic E-state index is 13.1. The molecule has 0 radical (unpaired) electrons. The molecular weight excluding hydrogens is 1260 g/mol. The van der Waals surface area contributed by atoms with E-state index in [1.54, 1.807) is 0 Å². The van der Waals surface area contributed by atoms with Crippen LogP contribution in [0.1, 0.15) is 349 Å². The molecule has 3 N–H and O–H groups in total. The summed E-state index contributed by atoms with van der Waals surface area (Å²) in [6.07, 6.45) is 67.7. The van der Waals surface area contributed by atoms with Crippen molar-refractivity contribution in [2.24, 2.45) is 0 Å². The Morgan fingerprint density at radius 3 is 0.792 bits per heavy atom. The number of aliphatic hydroxyl groups is 1. The minimum absolute atomic E-state index is 0.0773. The molecule has 0 aromatic heterocycles. The number of aliphatic hydroxyl groups excluding tert-OH is 1. The molecule has 0 saturated heterocycles. The summed E-state index contributed by atoms with van der Waals surface area (Å²) in [5.74, 6) is -2.19. The van der Waals surface area contributed by atoms with E-state index in [1.165, 1.54) is 128 Å². The number of phosphoric acid groups is 2. The monoisotopic (exact) mass is 1400 g/mol. The fourth-order valence-corrected chi connectivity index (χ4v) is 12.1. The highest BCUT2D eigenvalue weighted by molar-refractivity contribution is 7.47. The second kappa shape index (κ2) is 70.2. The number of carbonyl (C=O) groups excluding carboxylic acids is 4. The van der Waals surface area contributed by atoms with Gasteiger partial charge in [0.25, 0.3) is 0 Å². The van der Waals surface area contributed by atoms with Gasteiger partial charge in [0.05, 0.1) is 26.4 Å². The Kier molecular flexibility index (Phi) is 67.8. The van der Waals surface area contributed by atoms with Crippen LogP contribution in [-0.4, -0.2) is 96.7 Å². The summed E-state index contributed by atoms with van der Waals surface area (Å²) in [5, 5.41) is 10.6. The molecule has 0 bridgehead atoms. The number of hydrogen-bond donors (Lipinski definition) is 3. The Bertz CT molecular complexity index is 2060. The summed E-state index contributed by atoms with van der Waals surface area (Å²) < 4.78 is 68.4. The summed E-state index contributed by atoms with van der Waals surface area (Å²) >= 11 is 0. The fraction of sp³-hybridized carbons (Fsp3) is 0.818. The third-order valence-corrected chi connectivity index (χ3v) is 18.4. The zero-order chi connectivity index (χ0) is 70.4. The predicted molar refractivity (Wildman–Crippen MR) is 390 cm³/mol. The van der Waals surface area contributed by atoms with Gasteiger partial charge in [0.15, 0.2) is 12.2 Å². The van der Waals surface area contributed by atoms with Crippen LogP contribution in [0.4, 0.5) is 0 Å². The van der Waals surface area contributed by atoms with Crippen molar-refractivity contribution in [2.45, 2.75) is 367 Å². The van der Waals surface area contributed by atoms with Gasteiger partial charge in [-0.1, -0.05) is 281 Å². The minimum Gasteiger partial charge on any atom is -0.462 e. The molecule has 0 aliphatic heterocycles. The normalized spacial score (nSPS) is 14.3. The molecule has 19 heteroatoms. The van der Waals surface area contributed by atoms with Crippen LogP contribution in [0, 0.1) is 0 Å². The van der Waals surface area contributed by atoms with E-state index in [1.807, 2.05) is 0 Å². The Morgan fingerprint density at radius 1 is 0.292 bits per heavy atom. The maximum Gasteiger partial charge on any atom is 0.472 e. The van der Waals surface area contributed by atoms with Crippen molar-refractivity contribution < 1.29 is 80.2 Å². The molecule has 2 unspecified atom stereocenters. The van der Waals surface area contributed by atoms with Gasteiger partial charge >= 0.3 is 39.5 Å². The molecule has 0 amide bonds. The van der Waals surface area contributed by atoms with Gasteiger partial charge in [-0.15, -0.1) is 0 Å². The van der Waals surface area contributed by atoms with E-state index in [0.29, 0.717) is 25.7 Å². The Labute approximate surface area is 584 Å². The third kappa shape index (κ3) is 69.2. The average molecular weight is 1400 g/mol. The number of phosphoric ester groups is 2. The molecule has 5 atom stereocenters. The Morgan fingerprint density at radius 2 is 0.510 bits per heavy atom. The molecule has 0 fully saturated rings. The third-order valence-electron chi connectivity index (χ3n) is 16.5. The molecular formula is C77H140O17P2. The second-order valence-electron chi connectivity index (χ2n) is 26.0. The largest absolute Gasteiger partial charge is 0.472 e. The molecule has 0 aliphatic rings. The van der Waals surface area contributed by atoms with E-state index in [0.717, 1.165) is 141 Å². The molecule has 0 aliphatic carbocycles. The summed E-state index contributed by atoms with van der Waals surface area (Å²) in [4.78, 5) is 72.8. The van der Waals surface area contributed by atoms with E-state index < -0.39 is 97.5 Å². The van der Waals surface area contributed by atoms with Crippen LogP contribution < -0.4 is 0 Å². The topological polar surface area (TPSA) is 237 Å². The highest BCUT2D eigenvalue weighted by Gasteiger charge is 2.30.